The topological polar surface area (TPSA) is 62.7 Å². The third-order valence-electron chi connectivity index (χ3n) is 6.21. The Hall–Kier alpha value is -1.86. The number of halogens is 1. The molecule has 2 heterocycles. The second-order valence-electron chi connectivity index (χ2n) is 9.58. The lowest BCUT2D eigenvalue weighted by molar-refractivity contribution is -0.146. The van der Waals surface area contributed by atoms with Crippen molar-refractivity contribution in [3.63, 3.8) is 0 Å². The fraction of sp³-hybridized carbons (Fsp3) is 0.600. The second-order valence-corrected chi connectivity index (χ2v) is 11.5. The minimum Gasteiger partial charge on any atom is -0.497 e. The Balaban J connectivity index is 1.61. The van der Waals surface area contributed by atoms with E-state index in [0.717, 1.165) is 36.2 Å². The van der Waals surface area contributed by atoms with E-state index < -0.39 is 18.1 Å². The molecule has 0 radical (unpaired) electrons. The van der Waals surface area contributed by atoms with E-state index in [1.807, 2.05) is 30.0 Å². The number of piperidine rings is 1. The van der Waals surface area contributed by atoms with Crippen LogP contribution in [0.2, 0.25) is 0 Å². The molecule has 3 rings (SSSR count). The Morgan fingerprint density at radius 2 is 2.16 bits per heavy atom. The predicted molar refractivity (Wildman–Crippen MR) is 129 cm³/mol. The van der Waals surface area contributed by atoms with Crippen molar-refractivity contribution in [1.29, 1.82) is 0 Å². The maximum atomic E-state index is 15.3. The fourth-order valence-electron chi connectivity index (χ4n) is 4.44. The summed E-state index contributed by atoms with van der Waals surface area (Å²) in [7, 11) is 1.59. The second kappa shape index (κ2) is 10.8. The summed E-state index contributed by atoms with van der Waals surface area (Å²) in [6, 6.07) is 7.19. The highest BCUT2D eigenvalue weighted by atomic mass is 32.2. The molecule has 1 aromatic heterocycles. The monoisotopic (exact) mass is 462 g/mol. The van der Waals surface area contributed by atoms with E-state index in [1.54, 1.807) is 19.4 Å². The summed E-state index contributed by atoms with van der Waals surface area (Å²) < 4.78 is 20.8. The number of pyridine rings is 1. The van der Waals surface area contributed by atoms with Crippen LogP contribution in [0.5, 0.6) is 5.75 Å². The van der Waals surface area contributed by atoms with Crippen LogP contribution in [0.3, 0.4) is 0 Å². The van der Waals surface area contributed by atoms with Crippen LogP contribution in [-0.4, -0.2) is 58.2 Å². The minimum absolute atomic E-state index is 0.0000864. The van der Waals surface area contributed by atoms with Crippen LogP contribution in [0.1, 0.15) is 51.8 Å². The number of nitrogens with zero attached hydrogens (tertiary/aromatic N) is 2. The number of methoxy groups -OCH3 is 1. The average Bonchev–Trinajstić information content (AvgIpc) is 2.76. The van der Waals surface area contributed by atoms with Gasteiger partial charge in [-0.2, -0.15) is 11.8 Å². The lowest BCUT2D eigenvalue weighted by Crippen LogP contribution is -2.44. The molecule has 3 atom stereocenters. The van der Waals surface area contributed by atoms with Gasteiger partial charge >= 0.3 is 5.97 Å². The number of ether oxygens (including phenoxy) is 1. The highest BCUT2D eigenvalue weighted by molar-refractivity contribution is 8.00. The van der Waals surface area contributed by atoms with Crippen molar-refractivity contribution in [2.24, 2.45) is 11.8 Å². The molecular formula is C25H35FN2O3S. The molecule has 0 saturated carbocycles. The van der Waals surface area contributed by atoms with Gasteiger partial charge < -0.3 is 14.7 Å². The molecule has 0 bridgehead atoms. The van der Waals surface area contributed by atoms with Gasteiger partial charge in [-0.1, -0.05) is 20.8 Å². The van der Waals surface area contributed by atoms with Crippen LogP contribution in [0, 0.1) is 11.8 Å². The van der Waals surface area contributed by atoms with Gasteiger partial charge in [-0.15, -0.1) is 0 Å². The molecule has 0 spiro atoms. The fourth-order valence-corrected chi connectivity index (χ4v) is 5.40. The van der Waals surface area contributed by atoms with Crippen molar-refractivity contribution in [2.45, 2.75) is 51.0 Å². The maximum Gasteiger partial charge on any atom is 0.308 e. The summed E-state index contributed by atoms with van der Waals surface area (Å²) in [6.07, 6.45) is 2.14. The molecule has 0 amide bonds. The number of carboxylic acid groups (broad SMARTS) is 1. The van der Waals surface area contributed by atoms with E-state index in [1.165, 1.54) is 0 Å². The van der Waals surface area contributed by atoms with Crippen molar-refractivity contribution < 1.29 is 19.0 Å². The first-order chi connectivity index (χ1) is 15.2. The minimum atomic E-state index is -1.16. The molecular weight excluding hydrogens is 427 g/mol. The molecule has 1 N–H and O–H groups in total. The molecule has 1 aliphatic heterocycles. The van der Waals surface area contributed by atoms with Crippen LogP contribution >= 0.6 is 11.8 Å². The van der Waals surface area contributed by atoms with Gasteiger partial charge in [-0.05, 0) is 61.6 Å². The summed E-state index contributed by atoms with van der Waals surface area (Å²) in [4.78, 5) is 18.5. The van der Waals surface area contributed by atoms with E-state index >= 15 is 4.39 Å². The van der Waals surface area contributed by atoms with Gasteiger partial charge in [0.15, 0.2) is 0 Å². The predicted octanol–water partition coefficient (Wildman–Crippen LogP) is 5.59. The lowest BCUT2D eigenvalue weighted by Gasteiger charge is -2.37. The van der Waals surface area contributed by atoms with E-state index in [-0.39, 0.29) is 10.7 Å². The van der Waals surface area contributed by atoms with E-state index in [4.69, 9.17) is 4.74 Å². The Bertz CT molecular complexity index is 918. The van der Waals surface area contributed by atoms with Gasteiger partial charge in [0.05, 0.1) is 18.5 Å². The number of carboxylic acids is 1. The highest BCUT2D eigenvalue weighted by Crippen LogP contribution is 2.35. The third kappa shape index (κ3) is 6.58. The Morgan fingerprint density at radius 1 is 1.38 bits per heavy atom. The number of rotatable bonds is 9. The number of carbonyl (C=O) groups is 1. The van der Waals surface area contributed by atoms with Crippen molar-refractivity contribution in [3.8, 4) is 5.75 Å². The Morgan fingerprint density at radius 3 is 2.84 bits per heavy atom. The number of hydrogen-bond acceptors (Lipinski definition) is 5. The molecule has 7 heteroatoms. The quantitative estimate of drug-likeness (QED) is 0.524. The molecule has 0 aliphatic carbocycles. The molecule has 176 valence electrons. The van der Waals surface area contributed by atoms with Crippen LogP contribution in [0.4, 0.5) is 4.39 Å². The van der Waals surface area contributed by atoms with Gasteiger partial charge in [-0.25, -0.2) is 4.39 Å². The number of likely N-dealkylation sites (tertiary alicyclic amines) is 1. The summed E-state index contributed by atoms with van der Waals surface area (Å²) in [5.74, 6) is 0.454. The number of aliphatic carboxylic acids is 1. The van der Waals surface area contributed by atoms with E-state index in [9.17, 15) is 9.90 Å². The maximum absolute atomic E-state index is 15.3. The molecule has 1 unspecified atom stereocenters. The Labute approximate surface area is 194 Å². The molecule has 2 aromatic rings. The van der Waals surface area contributed by atoms with E-state index in [0.29, 0.717) is 30.7 Å². The molecule has 5 nitrogen and oxygen atoms in total. The summed E-state index contributed by atoms with van der Waals surface area (Å²) >= 11 is 1.90. The standard InChI is InChI=1S/C25H35FN2O3S/c1-25(2,3)32-14-13-28-12-10-17(21(16-28)24(29)30)5-7-22(26)19-9-11-27-23-8-6-18(31-4)15-20(19)23/h6,8-9,11,15,17,21-22H,5,7,10,12-14,16H2,1-4H3,(H,29,30)/t17-,21+,22?/m1/s1. The smallest absolute Gasteiger partial charge is 0.308 e. The van der Waals surface area contributed by atoms with Gasteiger partial charge in [-0.3, -0.25) is 9.78 Å². The largest absolute Gasteiger partial charge is 0.497 e. The Kier molecular flexibility index (Phi) is 8.39. The van der Waals surface area contributed by atoms with Crippen molar-refractivity contribution >= 4 is 28.6 Å². The summed E-state index contributed by atoms with van der Waals surface area (Å²) in [6.45, 7) is 8.91. The number of fused-ring (bicyclic) bond motifs is 1. The van der Waals surface area contributed by atoms with Crippen molar-refractivity contribution in [3.05, 3.63) is 36.0 Å². The zero-order valence-electron chi connectivity index (χ0n) is 19.5. The summed E-state index contributed by atoms with van der Waals surface area (Å²) in [5.41, 5.74) is 1.33. The van der Waals surface area contributed by atoms with Crippen LogP contribution < -0.4 is 4.74 Å². The zero-order chi connectivity index (χ0) is 23.3. The van der Waals surface area contributed by atoms with Crippen LogP contribution in [-0.2, 0) is 4.79 Å². The molecule has 1 saturated heterocycles. The van der Waals surface area contributed by atoms with Crippen molar-refractivity contribution in [1.82, 2.24) is 9.88 Å². The van der Waals surface area contributed by atoms with E-state index in [2.05, 4.69) is 30.7 Å². The first-order valence-corrected chi connectivity index (χ1v) is 12.3. The normalized spacial score (nSPS) is 20.9. The first-order valence-electron chi connectivity index (χ1n) is 11.3. The highest BCUT2D eigenvalue weighted by Gasteiger charge is 2.34. The lowest BCUT2D eigenvalue weighted by atomic mass is 9.81. The number of aromatic nitrogens is 1. The average molecular weight is 463 g/mol. The zero-order valence-corrected chi connectivity index (χ0v) is 20.3. The molecule has 1 aliphatic rings. The third-order valence-corrected chi connectivity index (χ3v) is 7.46. The van der Waals surface area contributed by atoms with Crippen molar-refractivity contribution in [2.75, 3.05) is 32.5 Å². The van der Waals surface area contributed by atoms with Crippen LogP contribution in [0.25, 0.3) is 10.9 Å². The van der Waals surface area contributed by atoms with Crippen LogP contribution in [0.15, 0.2) is 30.5 Å². The number of alkyl halides is 1. The number of benzene rings is 1. The summed E-state index contributed by atoms with van der Waals surface area (Å²) in [5, 5.41) is 10.6. The first kappa shape index (κ1) is 24.8. The van der Waals surface area contributed by atoms with Gasteiger partial charge in [0.25, 0.3) is 0 Å². The molecule has 32 heavy (non-hydrogen) atoms. The number of thioether (sulfide) groups is 1. The molecule has 1 aromatic carbocycles. The SMILES string of the molecule is COc1ccc2nccc(C(F)CC[C@@H]3CCN(CCSC(C)(C)C)C[C@@H]3C(=O)O)c2c1. The number of hydrogen-bond donors (Lipinski definition) is 1. The molecule has 1 fully saturated rings. The van der Waals surface area contributed by atoms with Gasteiger partial charge in [0.1, 0.15) is 11.9 Å². The van der Waals surface area contributed by atoms with Gasteiger partial charge in [0.2, 0.25) is 0 Å². The van der Waals surface area contributed by atoms with Gasteiger partial charge in [0, 0.05) is 35.2 Å².